The van der Waals surface area contributed by atoms with Crippen LogP contribution in [-0.4, -0.2) is 16.2 Å². The average Bonchev–Trinajstić information content (AvgIpc) is 2.52. The van der Waals surface area contributed by atoms with Gasteiger partial charge in [0.15, 0.2) is 0 Å². The molecule has 0 atom stereocenters. The Balaban J connectivity index is 1.80. The molecule has 0 saturated carbocycles. The molecule has 1 N–H and O–H groups in total. The molecule has 2 aromatic carbocycles. The summed E-state index contributed by atoms with van der Waals surface area (Å²) in [6.45, 7) is 0.429. The van der Waals surface area contributed by atoms with Gasteiger partial charge in [0, 0.05) is 4.47 Å². The molecule has 112 valence electrons. The lowest BCUT2D eigenvalue weighted by Crippen LogP contribution is -2.36. The molecule has 0 amide bonds. The molecular weight excluding hydrogens is 348 g/mol. The summed E-state index contributed by atoms with van der Waals surface area (Å²) in [5, 5.41) is 0.491. The van der Waals surface area contributed by atoms with Crippen LogP contribution in [0.4, 0.5) is 0 Å². The highest BCUT2D eigenvalue weighted by atomic mass is 79.9. The monoisotopic (exact) mass is 360 g/mol. The van der Waals surface area contributed by atoms with Crippen molar-refractivity contribution in [1.82, 2.24) is 9.55 Å². The van der Waals surface area contributed by atoms with Crippen molar-refractivity contribution in [2.45, 2.75) is 6.54 Å². The van der Waals surface area contributed by atoms with Gasteiger partial charge in [-0.3, -0.25) is 9.36 Å². The third kappa shape index (κ3) is 2.96. The van der Waals surface area contributed by atoms with E-state index < -0.39 is 5.69 Å². The van der Waals surface area contributed by atoms with E-state index in [4.69, 9.17) is 4.74 Å². The van der Waals surface area contributed by atoms with Crippen molar-refractivity contribution < 1.29 is 4.74 Å². The summed E-state index contributed by atoms with van der Waals surface area (Å²) in [5.74, 6) is 0.688. The summed E-state index contributed by atoms with van der Waals surface area (Å²) in [5.41, 5.74) is -0.190. The van der Waals surface area contributed by atoms with Gasteiger partial charge >= 0.3 is 5.69 Å². The topological polar surface area (TPSA) is 64.1 Å². The fourth-order valence-electron chi connectivity index (χ4n) is 2.19. The van der Waals surface area contributed by atoms with E-state index in [2.05, 4.69) is 20.9 Å². The first kappa shape index (κ1) is 14.6. The largest absolute Gasteiger partial charge is 0.492 e. The number of ether oxygens (including phenoxy) is 1. The highest BCUT2D eigenvalue weighted by molar-refractivity contribution is 9.10. The first-order chi connectivity index (χ1) is 10.6. The highest BCUT2D eigenvalue weighted by Crippen LogP contribution is 2.15. The van der Waals surface area contributed by atoms with Crippen molar-refractivity contribution in [3.63, 3.8) is 0 Å². The average molecular weight is 361 g/mol. The minimum Gasteiger partial charge on any atom is -0.492 e. The molecule has 0 unspecified atom stereocenters. The second-order valence-corrected chi connectivity index (χ2v) is 5.65. The van der Waals surface area contributed by atoms with Gasteiger partial charge in [0.25, 0.3) is 5.56 Å². The molecular formula is C16H13BrN2O3. The molecule has 0 aliphatic rings. The van der Waals surface area contributed by atoms with Crippen LogP contribution < -0.4 is 16.0 Å². The lowest BCUT2D eigenvalue weighted by Gasteiger charge is -2.08. The standard InChI is InChI=1S/C16H13BrN2O3/c17-11-5-7-12(8-6-11)22-10-9-19-15(20)13-3-1-2-4-14(13)18-16(19)21/h1-8H,9-10H2,(H,18,21). The quantitative estimate of drug-likeness (QED) is 0.777. The second kappa shape index (κ2) is 6.19. The van der Waals surface area contributed by atoms with Crippen LogP contribution >= 0.6 is 15.9 Å². The van der Waals surface area contributed by atoms with Crippen molar-refractivity contribution in [2.75, 3.05) is 6.61 Å². The molecule has 0 radical (unpaired) electrons. The summed E-state index contributed by atoms with van der Waals surface area (Å²) in [7, 11) is 0. The van der Waals surface area contributed by atoms with Crippen LogP contribution in [0, 0.1) is 0 Å². The maximum absolute atomic E-state index is 12.3. The molecule has 0 bridgehead atoms. The van der Waals surface area contributed by atoms with Gasteiger partial charge in [-0.05, 0) is 36.4 Å². The highest BCUT2D eigenvalue weighted by Gasteiger charge is 2.07. The number of hydrogen-bond donors (Lipinski definition) is 1. The van der Waals surface area contributed by atoms with Crippen LogP contribution in [0.15, 0.2) is 62.6 Å². The number of para-hydroxylation sites is 1. The van der Waals surface area contributed by atoms with E-state index in [1.165, 1.54) is 0 Å². The van der Waals surface area contributed by atoms with E-state index in [1.54, 1.807) is 24.3 Å². The lowest BCUT2D eigenvalue weighted by atomic mass is 10.2. The van der Waals surface area contributed by atoms with Gasteiger partial charge < -0.3 is 9.72 Å². The molecule has 0 spiro atoms. The smallest absolute Gasteiger partial charge is 0.328 e. The Morgan fingerprint density at radius 2 is 1.77 bits per heavy atom. The first-order valence-electron chi connectivity index (χ1n) is 6.75. The number of nitrogens with one attached hydrogen (secondary N) is 1. The number of rotatable bonds is 4. The van der Waals surface area contributed by atoms with Crippen LogP contribution in [0.25, 0.3) is 10.9 Å². The van der Waals surface area contributed by atoms with Crippen molar-refractivity contribution in [3.8, 4) is 5.75 Å². The van der Waals surface area contributed by atoms with Crippen molar-refractivity contribution >= 4 is 26.8 Å². The molecule has 0 aliphatic carbocycles. The molecule has 0 aliphatic heterocycles. The van der Waals surface area contributed by atoms with Gasteiger partial charge in [0.05, 0.1) is 17.4 Å². The van der Waals surface area contributed by atoms with E-state index in [0.29, 0.717) is 16.7 Å². The third-order valence-electron chi connectivity index (χ3n) is 3.29. The van der Waals surface area contributed by atoms with E-state index in [1.807, 2.05) is 24.3 Å². The van der Waals surface area contributed by atoms with Gasteiger partial charge in [-0.15, -0.1) is 0 Å². The molecule has 3 aromatic rings. The number of aromatic nitrogens is 2. The van der Waals surface area contributed by atoms with Crippen LogP contribution in [0.5, 0.6) is 5.75 Å². The van der Waals surface area contributed by atoms with E-state index in [-0.39, 0.29) is 18.7 Å². The third-order valence-corrected chi connectivity index (χ3v) is 3.82. The minimum atomic E-state index is -0.428. The summed E-state index contributed by atoms with van der Waals surface area (Å²) in [6.07, 6.45) is 0. The number of halogens is 1. The number of H-pyrrole nitrogens is 1. The summed E-state index contributed by atoms with van der Waals surface area (Å²) in [4.78, 5) is 27.0. The number of aromatic amines is 1. The zero-order valence-electron chi connectivity index (χ0n) is 11.6. The Morgan fingerprint density at radius 1 is 1.05 bits per heavy atom. The molecule has 6 heteroatoms. The molecule has 1 aromatic heterocycles. The number of fused-ring (bicyclic) bond motifs is 1. The predicted molar refractivity (Wildman–Crippen MR) is 88.5 cm³/mol. The van der Waals surface area contributed by atoms with Gasteiger partial charge in [-0.25, -0.2) is 4.79 Å². The van der Waals surface area contributed by atoms with E-state index in [0.717, 1.165) is 9.04 Å². The Hall–Kier alpha value is -2.34. The van der Waals surface area contributed by atoms with Gasteiger partial charge in [-0.2, -0.15) is 0 Å². The zero-order valence-corrected chi connectivity index (χ0v) is 13.2. The molecule has 22 heavy (non-hydrogen) atoms. The number of hydrogen-bond acceptors (Lipinski definition) is 3. The van der Waals surface area contributed by atoms with Crippen LogP contribution in [0.2, 0.25) is 0 Å². The van der Waals surface area contributed by atoms with Gasteiger partial charge in [0.1, 0.15) is 12.4 Å². The number of benzene rings is 2. The summed E-state index contributed by atoms with van der Waals surface area (Å²) < 4.78 is 7.67. The Kier molecular flexibility index (Phi) is 4.11. The SMILES string of the molecule is O=c1[nH]c2ccccc2c(=O)n1CCOc1ccc(Br)cc1. The number of nitrogens with zero attached hydrogens (tertiary/aromatic N) is 1. The lowest BCUT2D eigenvalue weighted by molar-refractivity contribution is 0.294. The maximum Gasteiger partial charge on any atom is 0.328 e. The van der Waals surface area contributed by atoms with Gasteiger partial charge in [0.2, 0.25) is 0 Å². The predicted octanol–water partition coefficient (Wildman–Crippen LogP) is 2.53. The van der Waals surface area contributed by atoms with Crippen LogP contribution in [-0.2, 0) is 6.54 Å². The van der Waals surface area contributed by atoms with E-state index >= 15 is 0 Å². The molecule has 0 fully saturated rings. The molecule has 5 nitrogen and oxygen atoms in total. The summed E-state index contributed by atoms with van der Waals surface area (Å²) >= 11 is 3.35. The Bertz CT molecular complexity index is 913. The Labute approximate surface area is 134 Å². The molecule has 3 rings (SSSR count). The second-order valence-electron chi connectivity index (χ2n) is 4.73. The van der Waals surface area contributed by atoms with Crippen molar-refractivity contribution in [3.05, 3.63) is 73.8 Å². The zero-order chi connectivity index (χ0) is 15.5. The fourth-order valence-corrected chi connectivity index (χ4v) is 2.45. The van der Waals surface area contributed by atoms with Crippen molar-refractivity contribution in [2.24, 2.45) is 0 Å². The van der Waals surface area contributed by atoms with Crippen molar-refractivity contribution in [1.29, 1.82) is 0 Å². The molecule has 1 heterocycles. The fraction of sp³-hybridized carbons (Fsp3) is 0.125. The van der Waals surface area contributed by atoms with Gasteiger partial charge in [-0.1, -0.05) is 28.1 Å². The Morgan fingerprint density at radius 3 is 2.55 bits per heavy atom. The van der Waals surface area contributed by atoms with Crippen LogP contribution in [0.1, 0.15) is 0 Å². The minimum absolute atomic E-state index is 0.190. The maximum atomic E-state index is 12.3. The first-order valence-corrected chi connectivity index (χ1v) is 7.55. The van der Waals surface area contributed by atoms with E-state index in [9.17, 15) is 9.59 Å². The molecule has 0 saturated heterocycles. The normalized spacial score (nSPS) is 10.8. The van der Waals surface area contributed by atoms with Crippen LogP contribution in [0.3, 0.4) is 0 Å². The summed E-state index contributed by atoms with van der Waals surface area (Å²) in [6, 6.07) is 14.3.